The number of nitrogens with one attached hydrogen (secondary N) is 1. The van der Waals surface area contributed by atoms with Crippen LogP contribution in [-0.4, -0.2) is 53.6 Å². The molecule has 18 heavy (non-hydrogen) atoms. The van der Waals surface area contributed by atoms with Crippen molar-refractivity contribution in [3.63, 3.8) is 0 Å². The lowest BCUT2D eigenvalue weighted by molar-refractivity contribution is -0.146. The number of nitrogens with zero attached hydrogens (tertiary/aromatic N) is 1. The van der Waals surface area contributed by atoms with Crippen molar-refractivity contribution >= 4 is 23.8 Å². The van der Waals surface area contributed by atoms with E-state index in [4.69, 9.17) is 5.11 Å². The molecule has 0 radical (unpaired) electrons. The molecule has 1 unspecified atom stereocenters. The molecule has 0 heterocycles. The quantitative estimate of drug-likeness (QED) is 0.745. The number of carbonyl (C=O) groups is 2. The summed E-state index contributed by atoms with van der Waals surface area (Å²) in [6.45, 7) is 5.34. The van der Waals surface area contributed by atoms with E-state index in [2.05, 4.69) is 5.32 Å². The number of carboxylic acids is 1. The molecular weight excluding hydrogens is 252 g/mol. The number of aliphatic carboxylic acids is 1. The third-order valence-electron chi connectivity index (χ3n) is 2.96. The molecule has 6 heteroatoms. The van der Waals surface area contributed by atoms with Crippen LogP contribution < -0.4 is 5.32 Å². The molecule has 0 aliphatic rings. The molecule has 2 amide bonds. The highest BCUT2D eigenvalue weighted by Gasteiger charge is 2.28. The van der Waals surface area contributed by atoms with Crippen molar-refractivity contribution in [1.82, 2.24) is 10.2 Å². The molecule has 0 rings (SSSR count). The molecule has 0 saturated heterocycles. The summed E-state index contributed by atoms with van der Waals surface area (Å²) >= 11 is 1.69. The molecule has 0 fully saturated rings. The second-order valence-corrected chi connectivity index (χ2v) is 5.89. The molecule has 0 aromatic heterocycles. The first-order valence-electron chi connectivity index (χ1n) is 5.99. The Bertz CT molecular complexity index is 295. The number of amides is 2. The molecule has 0 spiro atoms. The first-order chi connectivity index (χ1) is 8.26. The van der Waals surface area contributed by atoms with Crippen molar-refractivity contribution in [1.29, 1.82) is 0 Å². The van der Waals surface area contributed by atoms with Gasteiger partial charge < -0.3 is 15.3 Å². The maximum Gasteiger partial charge on any atom is 0.317 e. The van der Waals surface area contributed by atoms with Crippen molar-refractivity contribution < 1.29 is 14.7 Å². The summed E-state index contributed by atoms with van der Waals surface area (Å²) in [6.07, 6.45) is 2.88. The molecule has 0 aliphatic carbocycles. The summed E-state index contributed by atoms with van der Waals surface area (Å²) in [5.41, 5.74) is -0.947. The van der Waals surface area contributed by atoms with E-state index in [1.54, 1.807) is 37.6 Å². The Hall–Kier alpha value is -0.910. The lowest BCUT2D eigenvalue weighted by Crippen LogP contribution is -2.48. The Kier molecular flexibility index (Phi) is 7.13. The SMILES string of the molecule is CCC(CSC)N(C)C(=O)NCC(C)(C)C(=O)O. The van der Waals surface area contributed by atoms with Gasteiger partial charge in [0.1, 0.15) is 0 Å². The maximum absolute atomic E-state index is 11.9. The van der Waals surface area contributed by atoms with Gasteiger partial charge in [-0.1, -0.05) is 6.92 Å². The van der Waals surface area contributed by atoms with Crippen LogP contribution >= 0.6 is 11.8 Å². The molecule has 0 aromatic carbocycles. The number of hydrogen-bond donors (Lipinski definition) is 2. The summed E-state index contributed by atoms with van der Waals surface area (Å²) in [5, 5.41) is 11.6. The van der Waals surface area contributed by atoms with Crippen LogP contribution in [0.1, 0.15) is 27.2 Å². The van der Waals surface area contributed by atoms with Crippen molar-refractivity contribution in [2.24, 2.45) is 5.41 Å². The van der Waals surface area contributed by atoms with Gasteiger partial charge in [-0.3, -0.25) is 4.79 Å². The van der Waals surface area contributed by atoms with Gasteiger partial charge in [-0.05, 0) is 26.5 Å². The minimum atomic E-state index is -0.947. The zero-order valence-electron chi connectivity index (χ0n) is 11.8. The fraction of sp³-hybridized carbons (Fsp3) is 0.833. The number of thioether (sulfide) groups is 1. The molecule has 2 N–H and O–H groups in total. The van der Waals surface area contributed by atoms with Crippen LogP contribution in [0.5, 0.6) is 0 Å². The molecule has 0 saturated carbocycles. The predicted molar refractivity (Wildman–Crippen MR) is 75.0 cm³/mol. The number of hydrogen-bond acceptors (Lipinski definition) is 3. The Morgan fingerprint density at radius 2 is 2.00 bits per heavy atom. The Balaban J connectivity index is 4.36. The minimum Gasteiger partial charge on any atom is -0.481 e. The van der Waals surface area contributed by atoms with Gasteiger partial charge in [0, 0.05) is 25.4 Å². The smallest absolute Gasteiger partial charge is 0.317 e. The van der Waals surface area contributed by atoms with Crippen LogP contribution in [0.25, 0.3) is 0 Å². The Labute approximate surface area is 113 Å². The fourth-order valence-corrected chi connectivity index (χ4v) is 2.20. The molecule has 0 bridgehead atoms. The first kappa shape index (κ1) is 17.1. The molecule has 0 aromatic rings. The first-order valence-corrected chi connectivity index (χ1v) is 7.38. The third-order valence-corrected chi connectivity index (χ3v) is 3.68. The van der Waals surface area contributed by atoms with Crippen LogP contribution in [0.15, 0.2) is 0 Å². The minimum absolute atomic E-state index is 0.126. The fourth-order valence-electron chi connectivity index (χ4n) is 1.36. The lowest BCUT2D eigenvalue weighted by Gasteiger charge is -2.28. The van der Waals surface area contributed by atoms with E-state index in [0.29, 0.717) is 0 Å². The van der Waals surface area contributed by atoms with Gasteiger partial charge in [0.25, 0.3) is 0 Å². The summed E-state index contributed by atoms with van der Waals surface area (Å²) in [5.74, 6) is -0.0375. The van der Waals surface area contributed by atoms with Gasteiger partial charge in [0.15, 0.2) is 0 Å². The van der Waals surface area contributed by atoms with Gasteiger partial charge >= 0.3 is 12.0 Å². The number of carboxylic acid groups (broad SMARTS) is 1. The van der Waals surface area contributed by atoms with Crippen molar-refractivity contribution in [2.45, 2.75) is 33.2 Å². The largest absolute Gasteiger partial charge is 0.481 e. The van der Waals surface area contributed by atoms with Gasteiger partial charge in [0.05, 0.1) is 5.41 Å². The van der Waals surface area contributed by atoms with E-state index in [-0.39, 0.29) is 18.6 Å². The van der Waals surface area contributed by atoms with Crippen LogP contribution in [-0.2, 0) is 4.79 Å². The van der Waals surface area contributed by atoms with Gasteiger partial charge in [-0.2, -0.15) is 11.8 Å². The lowest BCUT2D eigenvalue weighted by atomic mass is 9.94. The molecule has 0 aliphatic heterocycles. The average Bonchev–Trinajstić information content (AvgIpc) is 2.32. The topological polar surface area (TPSA) is 69.6 Å². The van der Waals surface area contributed by atoms with E-state index in [9.17, 15) is 9.59 Å². The van der Waals surface area contributed by atoms with E-state index < -0.39 is 11.4 Å². The van der Waals surface area contributed by atoms with Crippen LogP contribution in [0.3, 0.4) is 0 Å². The summed E-state index contributed by atoms with van der Waals surface area (Å²) in [6, 6.07) is -0.0434. The van der Waals surface area contributed by atoms with Crippen LogP contribution in [0.4, 0.5) is 4.79 Å². The van der Waals surface area contributed by atoms with Gasteiger partial charge in [-0.15, -0.1) is 0 Å². The van der Waals surface area contributed by atoms with E-state index >= 15 is 0 Å². The van der Waals surface area contributed by atoms with Crippen molar-refractivity contribution in [3.05, 3.63) is 0 Å². The molecule has 5 nitrogen and oxygen atoms in total. The number of rotatable bonds is 7. The molecule has 1 atom stereocenters. The molecular formula is C12H24N2O3S. The van der Waals surface area contributed by atoms with E-state index in [1.165, 1.54) is 0 Å². The second-order valence-electron chi connectivity index (χ2n) is 4.98. The van der Waals surface area contributed by atoms with Gasteiger partial charge in [0.2, 0.25) is 0 Å². The zero-order chi connectivity index (χ0) is 14.3. The zero-order valence-corrected chi connectivity index (χ0v) is 12.6. The summed E-state index contributed by atoms with van der Waals surface area (Å²) in [7, 11) is 1.74. The molecule has 106 valence electrons. The van der Waals surface area contributed by atoms with E-state index in [1.807, 2.05) is 13.2 Å². The Morgan fingerprint density at radius 1 is 1.44 bits per heavy atom. The standard InChI is InChI=1S/C12H24N2O3S/c1-6-9(7-18-5)14(4)11(17)13-8-12(2,3)10(15)16/h9H,6-8H2,1-5H3,(H,13,17)(H,15,16). The summed E-state index contributed by atoms with van der Waals surface area (Å²) in [4.78, 5) is 24.5. The highest BCUT2D eigenvalue weighted by atomic mass is 32.2. The predicted octanol–water partition coefficient (Wildman–Crippen LogP) is 1.88. The third kappa shape index (κ3) is 5.16. The number of urea groups is 1. The van der Waals surface area contributed by atoms with Crippen molar-refractivity contribution in [3.8, 4) is 0 Å². The van der Waals surface area contributed by atoms with E-state index in [0.717, 1.165) is 12.2 Å². The highest BCUT2D eigenvalue weighted by molar-refractivity contribution is 7.98. The van der Waals surface area contributed by atoms with Crippen LogP contribution in [0, 0.1) is 5.41 Å². The second kappa shape index (κ2) is 7.51. The Morgan fingerprint density at radius 3 is 2.39 bits per heavy atom. The maximum atomic E-state index is 11.9. The monoisotopic (exact) mass is 276 g/mol. The highest BCUT2D eigenvalue weighted by Crippen LogP contribution is 2.14. The summed E-state index contributed by atoms with van der Waals surface area (Å²) < 4.78 is 0. The average molecular weight is 276 g/mol. The number of carbonyl (C=O) groups excluding carboxylic acids is 1. The normalized spacial score (nSPS) is 12.9. The van der Waals surface area contributed by atoms with Crippen molar-refractivity contribution in [2.75, 3.05) is 25.6 Å². The van der Waals surface area contributed by atoms with Gasteiger partial charge in [-0.25, -0.2) is 4.79 Å². The van der Waals surface area contributed by atoms with Crippen LogP contribution in [0.2, 0.25) is 0 Å².